The fourth-order valence-corrected chi connectivity index (χ4v) is 4.72. The number of rotatable bonds is 9. The van der Waals surface area contributed by atoms with Crippen LogP contribution in [0.3, 0.4) is 0 Å². The van der Waals surface area contributed by atoms with Crippen molar-refractivity contribution in [2.75, 3.05) is 12.3 Å². The number of pyridine rings is 1. The topological polar surface area (TPSA) is 94.1 Å². The summed E-state index contributed by atoms with van der Waals surface area (Å²) in [4.78, 5) is 30.5. The minimum absolute atomic E-state index is 0.206. The molecule has 166 valence electrons. The second-order valence-corrected chi connectivity index (χ2v) is 8.64. The quantitative estimate of drug-likeness (QED) is 0.211. The first kappa shape index (κ1) is 21.1. The third kappa shape index (κ3) is 4.31. The first-order chi connectivity index (χ1) is 16.2. The Morgan fingerprint density at radius 2 is 1.73 bits per heavy atom. The van der Waals surface area contributed by atoms with E-state index in [1.165, 1.54) is 4.90 Å². The van der Waals surface area contributed by atoms with E-state index in [9.17, 15) is 9.59 Å². The predicted molar refractivity (Wildman–Crippen MR) is 123 cm³/mol. The van der Waals surface area contributed by atoms with Crippen LogP contribution in [0.1, 0.15) is 39.3 Å². The number of nitrogens with zero attached hydrogens (tertiary/aromatic N) is 5. The Morgan fingerprint density at radius 3 is 2.42 bits per heavy atom. The van der Waals surface area contributed by atoms with Gasteiger partial charge in [-0.25, -0.2) is 0 Å². The highest BCUT2D eigenvalue weighted by atomic mass is 32.2. The van der Waals surface area contributed by atoms with E-state index in [0.29, 0.717) is 24.2 Å². The molecule has 4 aromatic rings. The molecule has 33 heavy (non-hydrogen) atoms. The van der Waals surface area contributed by atoms with Crippen molar-refractivity contribution in [2.24, 2.45) is 0 Å². The van der Waals surface area contributed by atoms with Crippen molar-refractivity contribution < 1.29 is 14.0 Å². The molecule has 9 heteroatoms. The average molecular weight is 460 g/mol. The molecule has 3 aromatic heterocycles. The standard InChI is InChI=1S/C24H21N5O3S/c30-22-19-9-1-2-10-20(19)23(31)28(22)12-3-4-14-33-24-27-26-21(17-7-5-11-25-15-17)29(24)16-18-8-6-13-32-18/h1-2,5-11,13,15H,3-4,12,14,16H2. The van der Waals surface area contributed by atoms with Crippen molar-refractivity contribution in [1.29, 1.82) is 0 Å². The van der Waals surface area contributed by atoms with E-state index in [2.05, 4.69) is 15.2 Å². The minimum atomic E-state index is -0.206. The lowest BCUT2D eigenvalue weighted by atomic mass is 10.1. The first-order valence-electron chi connectivity index (χ1n) is 10.7. The molecule has 1 aliphatic heterocycles. The molecule has 8 nitrogen and oxygen atoms in total. The molecule has 0 unspecified atom stereocenters. The molecular weight excluding hydrogens is 438 g/mol. The summed E-state index contributed by atoms with van der Waals surface area (Å²) in [6.07, 6.45) is 6.68. The highest BCUT2D eigenvalue weighted by Crippen LogP contribution is 2.26. The van der Waals surface area contributed by atoms with Crippen molar-refractivity contribution in [3.05, 3.63) is 84.1 Å². The number of carbonyl (C=O) groups is 2. The molecule has 0 fully saturated rings. The molecule has 4 heterocycles. The molecule has 2 amide bonds. The summed E-state index contributed by atoms with van der Waals surface area (Å²) in [5.74, 6) is 1.91. The van der Waals surface area contributed by atoms with Crippen LogP contribution in [-0.2, 0) is 6.54 Å². The summed E-state index contributed by atoms with van der Waals surface area (Å²) < 4.78 is 7.55. The Hall–Kier alpha value is -3.72. The fraction of sp³-hybridized carbons (Fsp3) is 0.208. The number of hydrogen-bond acceptors (Lipinski definition) is 7. The lowest BCUT2D eigenvalue weighted by Gasteiger charge is -2.13. The molecule has 0 radical (unpaired) electrons. The molecular formula is C24H21N5O3S. The molecule has 0 aliphatic carbocycles. The summed E-state index contributed by atoms with van der Waals surface area (Å²) in [7, 11) is 0. The van der Waals surface area contributed by atoms with Crippen LogP contribution in [0.4, 0.5) is 0 Å². The van der Waals surface area contributed by atoms with Crippen LogP contribution in [0.5, 0.6) is 0 Å². The van der Waals surface area contributed by atoms with E-state index >= 15 is 0 Å². The SMILES string of the molecule is O=C1c2ccccc2C(=O)N1CCCCSc1nnc(-c2cccnc2)n1Cc1ccco1. The molecule has 1 aliphatic rings. The number of aromatic nitrogens is 4. The summed E-state index contributed by atoms with van der Waals surface area (Å²) in [5.41, 5.74) is 1.87. The molecule has 0 saturated carbocycles. The van der Waals surface area contributed by atoms with Gasteiger partial charge in [0, 0.05) is 30.3 Å². The maximum atomic E-state index is 12.5. The third-order valence-corrected chi connectivity index (χ3v) is 6.47. The van der Waals surface area contributed by atoms with Crippen molar-refractivity contribution in [1.82, 2.24) is 24.6 Å². The van der Waals surface area contributed by atoms with Gasteiger partial charge in [-0.2, -0.15) is 0 Å². The maximum absolute atomic E-state index is 12.5. The van der Waals surface area contributed by atoms with Gasteiger partial charge < -0.3 is 4.42 Å². The number of imide groups is 1. The Kier molecular flexibility index (Phi) is 6.03. The lowest BCUT2D eigenvalue weighted by Crippen LogP contribution is -2.30. The molecule has 1 aromatic carbocycles. The van der Waals surface area contributed by atoms with Crippen molar-refractivity contribution in [3.63, 3.8) is 0 Å². The lowest BCUT2D eigenvalue weighted by molar-refractivity contribution is 0.0652. The van der Waals surface area contributed by atoms with Gasteiger partial charge in [-0.3, -0.25) is 24.0 Å². The number of unbranched alkanes of at least 4 members (excludes halogenated alkanes) is 1. The largest absolute Gasteiger partial charge is 0.467 e. The number of benzene rings is 1. The summed E-state index contributed by atoms with van der Waals surface area (Å²) in [5, 5.41) is 9.56. The van der Waals surface area contributed by atoms with Gasteiger partial charge in [0.1, 0.15) is 5.76 Å². The molecule has 0 N–H and O–H groups in total. The zero-order chi connectivity index (χ0) is 22.6. The smallest absolute Gasteiger partial charge is 0.261 e. The second-order valence-electron chi connectivity index (χ2n) is 7.58. The van der Waals surface area contributed by atoms with Crippen LogP contribution < -0.4 is 0 Å². The Balaban J connectivity index is 1.21. The summed E-state index contributed by atoms with van der Waals surface area (Å²) in [6, 6.07) is 14.6. The van der Waals surface area contributed by atoms with Crippen LogP contribution in [0, 0.1) is 0 Å². The Morgan fingerprint density at radius 1 is 0.909 bits per heavy atom. The summed E-state index contributed by atoms with van der Waals surface area (Å²) >= 11 is 1.59. The maximum Gasteiger partial charge on any atom is 0.261 e. The Labute approximate surface area is 194 Å². The van der Waals surface area contributed by atoms with E-state index < -0.39 is 0 Å². The van der Waals surface area contributed by atoms with Crippen LogP contribution in [0.15, 0.2) is 76.8 Å². The van der Waals surface area contributed by atoms with E-state index in [0.717, 1.165) is 40.9 Å². The van der Waals surface area contributed by atoms with Gasteiger partial charge in [0.05, 0.1) is 23.9 Å². The van der Waals surface area contributed by atoms with Crippen LogP contribution in [-0.4, -0.2) is 48.8 Å². The number of amides is 2. The first-order valence-corrected chi connectivity index (χ1v) is 11.6. The molecule has 0 bridgehead atoms. The fourth-order valence-electron chi connectivity index (χ4n) is 3.78. The van der Waals surface area contributed by atoms with Crippen molar-refractivity contribution >= 4 is 23.6 Å². The van der Waals surface area contributed by atoms with Crippen molar-refractivity contribution in [2.45, 2.75) is 24.5 Å². The number of carbonyl (C=O) groups excluding carboxylic acids is 2. The second kappa shape index (κ2) is 9.41. The number of thioether (sulfide) groups is 1. The minimum Gasteiger partial charge on any atom is -0.467 e. The van der Waals surface area contributed by atoms with E-state index in [1.54, 1.807) is 54.7 Å². The van der Waals surface area contributed by atoms with Crippen LogP contribution >= 0.6 is 11.8 Å². The predicted octanol–water partition coefficient (Wildman–Crippen LogP) is 4.15. The highest BCUT2D eigenvalue weighted by molar-refractivity contribution is 7.99. The number of fused-ring (bicyclic) bond motifs is 1. The number of hydrogen-bond donors (Lipinski definition) is 0. The normalized spacial score (nSPS) is 13.0. The molecule has 0 spiro atoms. The monoisotopic (exact) mass is 459 g/mol. The van der Waals surface area contributed by atoms with Crippen molar-refractivity contribution in [3.8, 4) is 11.4 Å². The van der Waals surface area contributed by atoms with E-state index in [-0.39, 0.29) is 11.8 Å². The van der Waals surface area contributed by atoms with Crippen LogP contribution in [0.2, 0.25) is 0 Å². The molecule has 5 rings (SSSR count). The highest BCUT2D eigenvalue weighted by Gasteiger charge is 2.34. The van der Waals surface area contributed by atoms with Gasteiger partial charge in [-0.1, -0.05) is 23.9 Å². The van der Waals surface area contributed by atoms with Crippen LogP contribution in [0.25, 0.3) is 11.4 Å². The molecule has 0 atom stereocenters. The average Bonchev–Trinajstić information content (AvgIpc) is 3.56. The van der Waals surface area contributed by atoms with Gasteiger partial charge >= 0.3 is 0 Å². The number of furan rings is 1. The summed E-state index contributed by atoms with van der Waals surface area (Å²) in [6.45, 7) is 0.925. The zero-order valence-corrected chi connectivity index (χ0v) is 18.6. The van der Waals surface area contributed by atoms with Gasteiger partial charge in [0.15, 0.2) is 11.0 Å². The van der Waals surface area contributed by atoms with Gasteiger partial charge in [0.25, 0.3) is 11.8 Å². The van der Waals surface area contributed by atoms with E-state index in [4.69, 9.17) is 4.42 Å². The van der Waals surface area contributed by atoms with E-state index in [1.807, 2.05) is 28.8 Å². The van der Waals surface area contributed by atoms with Gasteiger partial charge in [-0.15, -0.1) is 10.2 Å². The molecule has 0 saturated heterocycles. The third-order valence-electron chi connectivity index (χ3n) is 5.42. The zero-order valence-electron chi connectivity index (χ0n) is 17.8. The van der Waals surface area contributed by atoms with Gasteiger partial charge in [-0.05, 0) is 49.2 Å². The Bertz CT molecular complexity index is 1240. The van der Waals surface area contributed by atoms with Gasteiger partial charge in [0.2, 0.25) is 0 Å².